The third kappa shape index (κ3) is 4.66. The number of hydrogen-bond donors (Lipinski definition) is 1. The molecule has 14 heteroatoms. The van der Waals surface area contributed by atoms with Crippen LogP contribution >= 0.6 is 7.82 Å². The standard InChI is InChI=1S/C23H28N5O8P/c1-23(2)34-18-19(35-23)22(36-37(29,30)31-3)33-21(18)28-13-26-17-16(24-12-25-20(17)28)14-5-4-6-15(11-14)27-7-9-32-10-8-27/h4-6,11-13,18-19,21-22H,7-10H2,1-3H3,(H,29,30)/t18-,19+,21-,22-/m1/s1. The van der Waals surface area contributed by atoms with E-state index in [9.17, 15) is 9.46 Å². The molecule has 198 valence electrons. The lowest BCUT2D eigenvalue weighted by atomic mass is 10.1. The Hall–Kier alpha value is -2.48. The molecule has 0 radical (unpaired) electrons. The highest BCUT2D eigenvalue weighted by atomic mass is 31.2. The second-order valence-electron chi connectivity index (χ2n) is 9.41. The molecule has 37 heavy (non-hydrogen) atoms. The van der Waals surface area contributed by atoms with Crippen LogP contribution < -0.4 is 4.90 Å². The Morgan fingerprint density at radius 3 is 2.70 bits per heavy atom. The van der Waals surface area contributed by atoms with Crippen molar-refractivity contribution >= 4 is 24.7 Å². The van der Waals surface area contributed by atoms with Gasteiger partial charge in [0.1, 0.15) is 29.7 Å². The number of anilines is 1. The number of benzene rings is 1. The lowest BCUT2D eigenvalue weighted by Gasteiger charge is -2.29. The van der Waals surface area contributed by atoms with Gasteiger partial charge in [0.05, 0.1) is 19.5 Å². The molecule has 1 aromatic carbocycles. The molecular formula is C23H28N5O8P. The summed E-state index contributed by atoms with van der Waals surface area (Å²) in [6, 6.07) is 8.12. The molecule has 3 saturated heterocycles. The van der Waals surface area contributed by atoms with Crippen molar-refractivity contribution in [2.24, 2.45) is 0 Å². The maximum Gasteiger partial charge on any atom is 0.474 e. The molecule has 3 fully saturated rings. The van der Waals surface area contributed by atoms with Crippen LogP contribution in [0.15, 0.2) is 36.9 Å². The van der Waals surface area contributed by atoms with Crippen molar-refractivity contribution in [2.45, 2.75) is 44.4 Å². The number of imidazole rings is 1. The van der Waals surface area contributed by atoms with Gasteiger partial charge in [0.15, 0.2) is 17.7 Å². The number of fused-ring (bicyclic) bond motifs is 2. The SMILES string of the molecule is COP(=O)(O)O[C@H]1O[C@@H](n2cnc3c(-c4cccc(N5CCOCC5)c4)ncnc32)[C@@H]2OC(C)(C)O[C@H]12. The van der Waals surface area contributed by atoms with Crippen molar-refractivity contribution in [3.8, 4) is 11.3 Å². The van der Waals surface area contributed by atoms with Crippen molar-refractivity contribution < 1.29 is 37.5 Å². The Morgan fingerprint density at radius 1 is 1.14 bits per heavy atom. The van der Waals surface area contributed by atoms with Gasteiger partial charge in [0.2, 0.25) is 6.29 Å². The fourth-order valence-electron chi connectivity index (χ4n) is 4.94. The minimum Gasteiger partial charge on any atom is -0.378 e. The Balaban J connectivity index is 1.35. The van der Waals surface area contributed by atoms with Crippen LogP contribution in [0.2, 0.25) is 0 Å². The van der Waals surface area contributed by atoms with E-state index in [1.807, 2.05) is 12.1 Å². The maximum absolute atomic E-state index is 12.1. The van der Waals surface area contributed by atoms with Gasteiger partial charge in [0.25, 0.3) is 0 Å². The van der Waals surface area contributed by atoms with Crippen LogP contribution in [0.4, 0.5) is 5.69 Å². The van der Waals surface area contributed by atoms with Gasteiger partial charge in [-0.3, -0.25) is 13.6 Å². The van der Waals surface area contributed by atoms with E-state index in [4.69, 9.17) is 23.5 Å². The molecule has 6 rings (SSSR count). The molecule has 2 aromatic heterocycles. The molecule has 13 nitrogen and oxygen atoms in total. The van der Waals surface area contributed by atoms with Crippen molar-refractivity contribution in [2.75, 3.05) is 38.3 Å². The van der Waals surface area contributed by atoms with Crippen LogP contribution in [0.3, 0.4) is 0 Å². The highest BCUT2D eigenvalue weighted by Crippen LogP contribution is 2.51. The van der Waals surface area contributed by atoms with E-state index in [0.29, 0.717) is 30.1 Å². The molecule has 5 atom stereocenters. The van der Waals surface area contributed by atoms with Gasteiger partial charge in [-0.25, -0.2) is 19.5 Å². The molecule has 0 bridgehead atoms. The normalized spacial score (nSPS) is 28.9. The molecule has 3 aliphatic heterocycles. The van der Waals surface area contributed by atoms with E-state index in [-0.39, 0.29) is 0 Å². The van der Waals surface area contributed by atoms with Crippen molar-refractivity contribution in [1.82, 2.24) is 19.5 Å². The summed E-state index contributed by atoms with van der Waals surface area (Å²) in [5, 5.41) is 0. The van der Waals surface area contributed by atoms with Crippen LogP contribution in [0, 0.1) is 0 Å². The highest BCUT2D eigenvalue weighted by Gasteiger charge is 2.58. The second kappa shape index (κ2) is 9.37. The summed E-state index contributed by atoms with van der Waals surface area (Å²) in [5.41, 5.74) is 3.74. The third-order valence-corrected chi connectivity index (χ3v) is 7.52. The zero-order chi connectivity index (χ0) is 25.8. The summed E-state index contributed by atoms with van der Waals surface area (Å²) in [4.78, 5) is 25.8. The first-order valence-electron chi connectivity index (χ1n) is 11.9. The van der Waals surface area contributed by atoms with E-state index in [2.05, 4.69) is 36.5 Å². The number of hydrogen-bond acceptors (Lipinski definition) is 11. The number of phosphoric ester groups is 1. The van der Waals surface area contributed by atoms with Gasteiger partial charge in [-0.05, 0) is 26.0 Å². The summed E-state index contributed by atoms with van der Waals surface area (Å²) in [7, 11) is -3.27. The lowest BCUT2D eigenvalue weighted by Crippen LogP contribution is -2.36. The monoisotopic (exact) mass is 533 g/mol. The van der Waals surface area contributed by atoms with Crippen LogP contribution in [-0.4, -0.2) is 82.1 Å². The summed E-state index contributed by atoms with van der Waals surface area (Å²) in [6.45, 7) is 6.54. The van der Waals surface area contributed by atoms with Gasteiger partial charge in [0, 0.05) is 31.5 Å². The Labute approximate surface area is 212 Å². The average Bonchev–Trinajstić information content (AvgIpc) is 3.55. The molecule has 1 unspecified atom stereocenters. The number of aromatic nitrogens is 4. The number of nitrogens with zero attached hydrogens (tertiary/aromatic N) is 5. The number of ether oxygens (including phenoxy) is 4. The summed E-state index contributed by atoms with van der Waals surface area (Å²) >= 11 is 0. The van der Waals surface area contributed by atoms with E-state index in [1.165, 1.54) is 6.33 Å². The van der Waals surface area contributed by atoms with Crippen LogP contribution in [0.25, 0.3) is 22.4 Å². The molecule has 1 N–H and O–H groups in total. The van der Waals surface area contributed by atoms with Crippen LogP contribution in [0.1, 0.15) is 20.1 Å². The summed E-state index contributed by atoms with van der Waals surface area (Å²) < 4.78 is 47.2. The molecule has 3 aromatic rings. The predicted octanol–water partition coefficient (Wildman–Crippen LogP) is 2.47. The second-order valence-corrected chi connectivity index (χ2v) is 10.9. The van der Waals surface area contributed by atoms with E-state index < -0.39 is 38.3 Å². The highest BCUT2D eigenvalue weighted by molar-refractivity contribution is 7.47. The maximum atomic E-state index is 12.1. The molecule has 0 saturated carbocycles. The third-order valence-electron chi connectivity index (χ3n) is 6.58. The molecule has 0 spiro atoms. The smallest absolute Gasteiger partial charge is 0.378 e. The molecule has 0 amide bonds. The Morgan fingerprint density at radius 2 is 1.92 bits per heavy atom. The first-order chi connectivity index (χ1) is 17.7. The van der Waals surface area contributed by atoms with E-state index in [1.54, 1.807) is 24.7 Å². The summed E-state index contributed by atoms with van der Waals surface area (Å²) in [6.07, 6.45) is -0.377. The minimum atomic E-state index is -4.35. The Bertz CT molecular complexity index is 1350. The predicted molar refractivity (Wildman–Crippen MR) is 129 cm³/mol. The van der Waals surface area contributed by atoms with Gasteiger partial charge < -0.3 is 28.7 Å². The lowest BCUT2D eigenvalue weighted by molar-refractivity contribution is -0.227. The van der Waals surface area contributed by atoms with Gasteiger partial charge in [-0.2, -0.15) is 0 Å². The molecule has 3 aliphatic rings. The van der Waals surface area contributed by atoms with Gasteiger partial charge in [-0.1, -0.05) is 12.1 Å². The van der Waals surface area contributed by atoms with E-state index in [0.717, 1.165) is 31.5 Å². The van der Waals surface area contributed by atoms with Crippen LogP contribution in [0.5, 0.6) is 0 Å². The zero-order valence-electron chi connectivity index (χ0n) is 20.6. The topological polar surface area (TPSA) is 140 Å². The number of rotatable bonds is 6. The first kappa shape index (κ1) is 24.8. The first-order valence-corrected chi connectivity index (χ1v) is 13.4. The van der Waals surface area contributed by atoms with Crippen molar-refractivity contribution in [1.29, 1.82) is 0 Å². The van der Waals surface area contributed by atoms with Crippen molar-refractivity contribution in [3.63, 3.8) is 0 Å². The quantitative estimate of drug-likeness (QED) is 0.466. The van der Waals surface area contributed by atoms with Crippen LogP contribution in [-0.2, 0) is 32.6 Å². The largest absolute Gasteiger partial charge is 0.474 e. The van der Waals surface area contributed by atoms with Gasteiger partial charge >= 0.3 is 7.82 Å². The fourth-order valence-corrected chi connectivity index (χ4v) is 5.46. The average molecular weight is 533 g/mol. The molecule has 0 aliphatic carbocycles. The molecular weight excluding hydrogens is 505 g/mol. The zero-order valence-corrected chi connectivity index (χ0v) is 21.5. The van der Waals surface area contributed by atoms with Gasteiger partial charge in [-0.15, -0.1) is 0 Å². The van der Waals surface area contributed by atoms with Crippen molar-refractivity contribution in [3.05, 3.63) is 36.9 Å². The fraction of sp³-hybridized carbons (Fsp3) is 0.522. The molecule has 5 heterocycles. The summed E-state index contributed by atoms with van der Waals surface area (Å²) in [5.74, 6) is -0.956. The Kier molecular flexibility index (Phi) is 6.29. The number of phosphoric acid groups is 1. The number of morpholine rings is 1. The van der Waals surface area contributed by atoms with E-state index >= 15 is 0 Å². The minimum absolute atomic E-state index is 0.512.